The number of rotatable bonds is 8. The molecule has 84 valence electrons. The van der Waals surface area contributed by atoms with Gasteiger partial charge in [-0.05, 0) is 36.6 Å². The third kappa shape index (κ3) is 6.99. The van der Waals surface area contributed by atoms with E-state index in [4.69, 9.17) is 4.52 Å². The summed E-state index contributed by atoms with van der Waals surface area (Å²) in [7, 11) is 0. The molecule has 0 bridgehead atoms. The normalized spacial score (nSPS) is 15.9. The monoisotopic (exact) mass is 254 g/mol. The van der Waals surface area contributed by atoms with Crippen molar-refractivity contribution in [1.29, 1.82) is 0 Å². The van der Waals surface area contributed by atoms with Crippen molar-refractivity contribution in [3.05, 3.63) is 11.5 Å². The molecule has 0 fully saturated rings. The zero-order chi connectivity index (χ0) is 10.9. The summed E-state index contributed by atoms with van der Waals surface area (Å²) in [6.45, 7) is 6.60. The lowest BCUT2D eigenvalue weighted by Gasteiger charge is -2.14. The van der Waals surface area contributed by atoms with E-state index in [2.05, 4.69) is 6.92 Å². The lowest BCUT2D eigenvalue weighted by atomic mass is 10.5. The second-order valence-electron chi connectivity index (χ2n) is 2.69. The highest BCUT2D eigenvalue weighted by molar-refractivity contribution is 8.89. The van der Waals surface area contributed by atoms with Gasteiger partial charge in [0.15, 0.2) is 0 Å². The van der Waals surface area contributed by atoms with Crippen molar-refractivity contribution in [3.8, 4) is 0 Å². The summed E-state index contributed by atoms with van der Waals surface area (Å²) in [6.07, 6.45) is 3.83. The van der Waals surface area contributed by atoms with E-state index < -0.39 is 5.77 Å². The maximum Gasteiger partial charge on any atom is 0.317 e. The van der Waals surface area contributed by atoms with Gasteiger partial charge in [-0.3, -0.25) is 4.57 Å². The first-order valence-electron chi connectivity index (χ1n) is 4.87. The Morgan fingerprint density at radius 3 is 2.57 bits per heavy atom. The highest BCUT2D eigenvalue weighted by Crippen LogP contribution is 2.70. The van der Waals surface area contributed by atoms with Crippen LogP contribution in [0.5, 0.6) is 0 Å². The molecule has 2 nitrogen and oxygen atoms in total. The molecule has 0 spiro atoms. The first kappa shape index (κ1) is 14.6. The predicted octanol–water partition coefficient (Wildman–Crippen LogP) is 4.93. The highest BCUT2D eigenvalue weighted by Gasteiger charge is 2.22. The molecule has 0 saturated heterocycles. The smallest absolute Gasteiger partial charge is 0.313 e. The van der Waals surface area contributed by atoms with Gasteiger partial charge in [-0.2, -0.15) is 0 Å². The lowest BCUT2D eigenvalue weighted by Crippen LogP contribution is -1.86. The van der Waals surface area contributed by atoms with Crippen LogP contribution in [0.15, 0.2) is 11.5 Å². The molecule has 0 amide bonds. The summed E-state index contributed by atoms with van der Waals surface area (Å²) >= 11 is 2.77. The Morgan fingerprint density at radius 2 is 2.07 bits per heavy atom. The zero-order valence-corrected chi connectivity index (χ0v) is 11.6. The Morgan fingerprint density at radius 1 is 1.36 bits per heavy atom. The van der Waals surface area contributed by atoms with Crippen molar-refractivity contribution in [2.45, 2.75) is 33.6 Å². The first-order valence-corrected chi connectivity index (χ1v) is 9.57. The molecule has 0 aromatic heterocycles. The van der Waals surface area contributed by atoms with Crippen molar-refractivity contribution >= 4 is 28.5 Å². The van der Waals surface area contributed by atoms with Gasteiger partial charge in [-0.25, -0.2) is 0 Å². The van der Waals surface area contributed by atoms with Crippen LogP contribution in [-0.2, 0) is 9.09 Å². The summed E-state index contributed by atoms with van der Waals surface area (Å²) in [5.41, 5.74) is 0. The Kier molecular flexibility index (Phi) is 9.30. The fourth-order valence-electron chi connectivity index (χ4n) is 0.640. The van der Waals surface area contributed by atoms with Gasteiger partial charge in [0.25, 0.3) is 0 Å². The molecule has 0 radical (unpaired) electrons. The van der Waals surface area contributed by atoms with Crippen LogP contribution in [0.2, 0.25) is 0 Å². The van der Waals surface area contributed by atoms with Gasteiger partial charge in [-0.1, -0.05) is 31.3 Å². The molecule has 14 heavy (non-hydrogen) atoms. The predicted molar refractivity (Wildman–Crippen MR) is 69.0 cm³/mol. The summed E-state index contributed by atoms with van der Waals surface area (Å²) in [6, 6.07) is 0. The molecule has 0 aromatic rings. The largest absolute Gasteiger partial charge is 0.317 e. The van der Waals surface area contributed by atoms with E-state index in [9.17, 15) is 4.57 Å². The zero-order valence-electron chi connectivity index (χ0n) is 9.06. The molecule has 5 heteroatoms. The van der Waals surface area contributed by atoms with Gasteiger partial charge in [0.1, 0.15) is 0 Å². The topological polar surface area (TPSA) is 26.3 Å². The van der Waals surface area contributed by atoms with Crippen LogP contribution in [0, 0.1) is 0 Å². The number of allylic oxidation sites excluding steroid dienone is 1. The standard InChI is InChI=1S/C9H19O2PS2/c1-4-7-11-12(10,13-8-5-2)14-9-6-3/h5,8H,4,6-7,9H2,1-3H3. The average Bonchev–Trinajstić information content (AvgIpc) is 2.21. The molecular formula is C9H19O2PS2. The van der Waals surface area contributed by atoms with E-state index in [0.717, 1.165) is 18.6 Å². The van der Waals surface area contributed by atoms with Crippen molar-refractivity contribution in [2.75, 3.05) is 12.4 Å². The van der Waals surface area contributed by atoms with Crippen LogP contribution in [0.4, 0.5) is 0 Å². The van der Waals surface area contributed by atoms with E-state index in [1.807, 2.05) is 25.3 Å². The van der Waals surface area contributed by atoms with Crippen LogP contribution in [0.1, 0.15) is 33.6 Å². The quantitative estimate of drug-likeness (QED) is 0.574. The number of hydrogen-bond acceptors (Lipinski definition) is 4. The van der Waals surface area contributed by atoms with Gasteiger partial charge in [0.2, 0.25) is 0 Å². The Balaban J connectivity index is 4.10. The molecule has 0 aliphatic carbocycles. The second-order valence-corrected chi connectivity index (χ2v) is 9.98. The molecule has 0 rings (SSSR count). The Bertz CT molecular complexity index is 195. The van der Waals surface area contributed by atoms with E-state index in [-0.39, 0.29) is 0 Å². The van der Waals surface area contributed by atoms with Gasteiger partial charge in [0, 0.05) is 5.75 Å². The van der Waals surface area contributed by atoms with Gasteiger partial charge in [0.05, 0.1) is 6.61 Å². The van der Waals surface area contributed by atoms with Crippen LogP contribution < -0.4 is 0 Å². The van der Waals surface area contributed by atoms with Crippen LogP contribution in [-0.4, -0.2) is 12.4 Å². The van der Waals surface area contributed by atoms with E-state index >= 15 is 0 Å². The average molecular weight is 254 g/mol. The van der Waals surface area contributed by atoms with Crippen molar-refractivity contribution in [1.82, 2.24) is 0 Å². The fraction of sp³-hybridized carbons (Fsp3) is 0.778. The van der Waals surface area contributed by atoms with Crippen molar-refractivity contribution in [3.63, 3.8) is 0 Å². The number of hydrogen-bond donors (Lipinski definition) is 0. The molecule has 0 heterocycles. The molecule has 0 N–H and O–H groups in total. The van der Waals surface area contributed by atoms with Crippen LogP contribution in [0.25, 0.3) is 0 Å². The minimum absolute atomic E-state index is 0.582. The van der Waals surface area contributed by atoms with Crippen LogP contribution >= 0.6 is 28.5 Å². The third-order valence-electron chi connectivity index (χ3n) is 1.23. The van der Waals surface area contributed by atoms with E-state index in [1.54, 1.807) is 0 Å². The summed E-state index contributed by atoms with van der Waals surface area (Å²) in [5.74, 6) is -1.63. The maximum absolute atomic E-state index is 12.1. The van der Waals surface area contributed by atoms with Gasteiger partial charge >= 0.3 is 5.77 Å². The third-order valence-corrected chi connectivity index (χ3v) is 8.28. The molecule has 1 atom stereocenters. The van der Waals surface area contributed by atoms with E-state index in [1.165, 1.54) is 22.8 Å². The van der Waals surface area contributed by atoms with Crippen LogP contribution in [0.3, 0.4) is 0 Å². The first-order chi connectivity index (χ1) is 6.68. The van der Waals surface area contributed by atoms with Crippen molar-refractivity contribution < 1.29 is 9.09 Å². The maximum atomic E-state index is 12.1. The molecule has 0 aliphatic rings. The molecule has 0 aromatic carbocycles. The molecule has 0 aliphatic heterocycles. The minimum atomic E-state index is -2.52. The van der Waals surface area contributed by atoms with Gasteiger partial charge < -0.3 is 4.52 Å². The summed E-state index contributed by atoms with van der Waals surface area (Å²) in [5, 5.41) is 1.85. The fourth-order valence-corrected chi connectivity index (χ4v) is 6.65. The summed E-state index contributed by atoms with van der Waals surface area (Å²) < 4.78 is 17.6. The van der Waals surface area contributed by atoms with Crippen molar-refractivity contribution in [2.24, 2.45) is 0 Å². The van der Waals surface area contributed by atoms with E-state index in [0.29, 0.717) is 6.61 Å². The molecule has 1 unspecified atom stereocenters. The SMILES string of the molecule is CC=CSP(=O)(OCCC)SCCC. The molecule has 0 saturated carbocycles. The second kappa shape index (κ2) is 8.90. The lowest BCUT2D eigenvalue weighted by molar-refractivity contribution is 0.335. The Hall–Kier alpha value is 0.630. The molecular weight excluding hydrogens is 235 g/mol. The Labute approximate surface area is 95.2 Å². The highest BCUT2D eigenvalue weighted by atomic mass is 33.1. The minimum Gasteiger partial charge on any atom is -0.313 e. The van der Waals surface area contributed by atoms with Gasteiger partial charge in [-0.15, -0.1) is 0 Å². The summed E-state index contributed by atoms with van der Waals surface area (Å²) in [4.78, 5) is 0.